The Labute approximate surface area is 168 Å². The molecule has 1 N–H and O–H groups in total. The van der Waals surface area contributed by atoms with Gasteiger partial charge in [-0.2, -0.15) is 4.99 Å². The van der Waals surface area contributed by atoms with Crippen LogP contribution in [0.15, 0.2) is 77.9 Å². The Hall–Kier alpha value is -2.90. The van der Waals surface area contributed by atoms with E-state index in [1.807, 2.05) is 47.2 Å². The van der Waals surface area contributed by atoms with Crippen LogP contribution in [-0.2, 0) is 16.6 Å². The molecule has 0 aliphatic heterocycles. The molecule has 144 valence electrons. The number of carbonyl (C=O) groups excluding carboxylic acids is 1. The molecule has 0 saturated heterocycles. The van der Waals surface area contributed by atoms with Crippen LogP contribution in [0, 0.1) is 0 Å². The SMILES string of the molecule is CS(=O)(=O)Nc1cc(C(=O)N=c2ccccn2Cc2ccccc2)ccc1Cl. The third kappa shape index (κ3) is 5.31. The Morgan fingerprint density at radius 3 is 2.50 bits per heavy atom. The van der Waals surface area contributed by atoms with Gasteiger partial charge >= 0.3 is 0 Å². The van der Waals surface area contributed by atoms with E-state index in [-0.39, 0.29) is 16.3 Å². The van der Waals surface area contributed by atoms with Crippen molar-refractivity contribution < 1.29 is 13.2 Å². The number of rotatable bonds is 5. The molecular weight excluding hydrogens is 398 g/mol. The van der Waals surface area contributed by atoms with Crippen LogP contribution in [0.4, 0.5) is 5.69 Å². The fourth-order valence-electron chi connectivity index (χ4n) is 2.59. The van der Waals surface area contributed by atoms with Crippen molar-refractivity contribution in [2.75, 3.05) is 11.0 Å². The summed E-state index contributed by atoms with van der Waals surface area (Å²) in [7, 11) is -3.52. The third-order valence-electron chi connectivity index (χ3n) is 3.84. The van der Waals surface area contributed by atoms with Crippen LogP contribution in [0.5, 0.6) is 0 Å². The molecule has 3 rings (SSSR count). The first-order valence-electron chi connectivity index (χ1n) is 8.38. The van der Waals surface area contributed by atoms with E-state index in [9.17, 15) is 13.2 Å². The number of hydrogen-bond donors (Lipinski definition) is 1. The van der Waals surface area contributed by atoms with Gasteiger partial charge in [-0.25, -0.2) is 8.42 Å². The topological polar surface area (TPSA) is 80.5 Å². The molecular formula is C20H18ClN3O3S. The maximum atomic E-state index is 12.6. The number of anilines is 1. The van der Waals surface area contributed by atoms with Crippen LogP contribution in [0.1, 0.15) is 15.9 Å². The molecule has 0 atom stereocenters. The van der Waals surface area contributed by atoms with Crippen LogP contribution >= 0.6 is 11.6 Å². The van der Waals surface area contributed by atoms with E-state index >= 15 is 0 Å². The summed E-state index contributed by atoms with van der Waals surface area (Å²) in [5.41, 5.74) is 1.93. The number of carbonyl (C=O) groups is 1. The van der Waals surface area contributed by atoms with Gasteiger partial charge < -0.3 is 4.57 Å². The Balaban J connectivity index is 1.94. The molecule has 1 aromatic heterocycles. The zero-order valence-electron chi connectivity index (χ0n) is 15.0. The molecule has 0 fully saturated rings. The fourth-order valence-corrected chi connectivity index (χ4v) is 3.38. The molecule has 2 aromatic carbocycles. The van der Waals surface area contributed by atoms with Gasteiger partial charge in [-0.15, -0.1) is 0 Å². The molecule has 1 amide bonds. The van der Waals surface area contributed by atoms with Gasteiger partial charge in [0.25, 0.3) is 5.91 Å². The average molecular weight is 416 g/mol. The Morgan fingerprint density at radius 1 is 1.07 bits per heavy atom. The van der Waals surface area contributed by atoms with Gasteiger partial charge in [0.1, 0.15) is 5.49 Å². The van der Waals surface area contributed by atoms with Crippen LogP contribution in [0.25, 0.3) is 0 Å². The molecule has 6 nitrogen and oxygen atoms in total. The van der Waals surface area contributed by atoms with E-state index in [2.05, 4.69) is 9.71 Å². The molecule has 0 aliphatic rings. The summed E-state index contributed by atoms with van der Waals surface area (Å²) in [6, 6.07) is 19.6. The highest BCUT2D eigenvalue weighted by Gasteiger charge is 2.11. The zero-order chi connectivity index (χ0) is 20.1. The second-order valence-electron chi connectivity index (χ2n) is 6.16. The van der Waals surface area contributed by atoms with Gasteiger partial charge in [-0.05, 0) is 35.9 Å². The normalized spacial score (nSPS) is 12.0. The summed E-state index contributed by atoms with van der Waals surface area (Å²) in [4.78, 5) is 16.8. The molecule has 28 heavy (non-hydrogen) atoms. The fraction of sp³-hybridized carbons (Fsp3) is 0.100. The highest BCUT2D eigenvalue weighted by atomic mass is 35.5. The van der Waals surface area contributed by atoms with Crippen molar-refractivity contribution in [3.05, 3.63) is 94.6 Å². The monoisotopic (exact) mass is 415 g/mol. The number of sulfonamides is 1. The lowest BCUT2D eigenvalue weighted by Crippen LogP contribution is -2.22. The van der Waals surface area contributed by atoms with Gasteiger partial charge in [-0.3, -0.25) is 9.52 Å². The molecule has 3 aromatic rings. The number of aromatic nitrogens is 1. The highest BCUT2D eigenvalue weighted by Crippen LogP contribution is 2.24. The molecule has 0 radical (unpaired) electrons. The van der Waals surface area contributed by atoms with Crippen molar-refractivity contribution >= 4 is 33.2 Å². The minimum Gasteiger partial charge on any atom is -0.328 e. The number of benzene rings is 2. The molecule has 0 spiro atoms. The molecule has 0 saturated carbocycles. The summed E-state index contributed by atoms with van der Waals surface area (Å²) in [6.07, 6.45) is 2.86. The highest BCUT2D eigenvalue weighted by molar-refractivity contribution is 7.92. The van der Waals surface area contributed by atoms with E-state index in [4.69, 9.17) is 11.6 Å². The quantitative estimate of drug-likeness (QED) is 0.694. The van der Waals surface area contributed by atoms with Crippen LogP contribution in [0.3, 0.4) is 0 Å². The number of pyridine rings is 1. The second kappa shape index (κ2) is 8.41. The third-order valence-corrected chi connectivity index (χ3v) is 4.76. The Morgan fingerprint density at radius 2 is 1.79 bits per heavy atom. The molecule has 0 aliphatic carbocycles. The van der Waals surface area contributed by atoms with Gasteiger partial charge in [0.2, 0.25) is 10.0 Å². The predicted molar refractivity (Wildman–Crippen MR) is 110 cm³/mol. The summed E-state index contributed by atoms with van der Waals surface area (Å²) in [5.74, 6) is -0.499. The van der Waals surface area contributed by atoms with Gasteiger partial charge in [-0.1, -0.05) is 48.0 Å². The summed E-state index contributed by atoms with van der Waals surface area (Å²) in [6.45, 7) is 0.565. The van der Waals surface area contributed by atoms with Gasteiger partial charge in [0, 0.05) is 18.3 Å². The first-order chi connectivity index (χ1) is 13.3. The van der Waals surface area contributed by atoms with Gasteiger partial charge in [0.15, 0.2) is 0 Å². The summed E-state index contributed by atoms with van der Waals surface area (Å²) < 4.78 is 27.1. The minimum absolute atomic E-state index is 0.135. The number of amides is 1. The number of halogens is 1. The van der Waals surface area contributed by atoms with E-state index in [1.54, 1.807) is 12.1 Å². The summed E-state index contributed by atoms with van der Waals surface area (Å²) in [5, 5.41) is 0.195. The van der Waals surface area contributed by atoms with Crippen molar-refractivity contribution in [3.63, 3.8) is 0 Å². The van der Waals surface area contributed by atoms with Crippen molar-refractivity contribution in [2.45, 2.75) is 6.54 Å². The average Bonchev–Trinajstić information content (AvgIpc) is 2.65. The zero-order valence-corrected chi connectivity index (χ0v) is 16.6. The summed E-state index contributed by atoms with van der Waals surface area (Å²) >= 11 is 6.01. The maximum Gasteiger partial charge on any atom is 0.279 e. The minimum atomic E-state index is -3.52. The number of nitrogens with one attached hydrogen (secondary N) is 1. The van der Waals surface area contributed by atoms with Gasteiger partial charge in [0.05, 0.1) is 17.0 Å². The van der Waals surface area contributed by atoms with E-state index in [1.165, 1.54) is 18.2 Å². The Bertz CT molecular complexity index is 1170. The van der Waals surface area contributed by atoms with E-state index in [0.717, 1.165) is 11.8 Å². The van der Waals surface area contributed by atoms with Crippen molar-refractivity contribution in [2.24, 2.45) is 4.99 Å². The van der Waals surface area contributed by atoms with Crippen molar-refractivity contribution in [3.8, 4) is 0 Å². The van der Waals surface area contributed by atoms with Crippen LogP contribution < -0.4 is 10.2 Å². The maximum absolute atomic E-state index is 12.6. The standard InChI is InChI=1S/C20H18ClN3O3S/c1-28(26,27)23-18-13-16(10-11-17(18)21)20(25)22-19-9-5-6-12-24(19)14-15-7-3-2-4-8-15/h2-13,23H,14H2,1H3. The molecule has 8 heteroatoms. The molecule has 0 bridgehead atoms. The smallest absolute Gasteiger partial charge is 0.279 e. The van der Waals surface area contributed by atoms with Crippen molar-refractivity contribution in [1.29, 1.82) is 0 Å². The first-order valence-corrected chi connectivity index (χ1v) is 10.6. The van der Waals surface area contributed by atoms with Crippen LogP contribution in [-0.4, -0.2) is 25.1 Å². The second-order valence-corrected chi connectivity index (χ2v) is 8.31. The predicted octanol–water partition coefficient (Wildman–Crippen LogP) is 3.30. The number of hydrogen-bond acceptors (Lipinski definition) is 3. The largest absolute Gasteiger partial charge is 0.328 e. The lowest BCUT2D eigenvalue weighted by Gasteiger charge is -2.08. The van der Waals surface area contributed by atoms with E-state index < -0.39 is 15.9 Å². The van der Waals surface area contributed by atoms with Crippen molar-refractivity contribution in [1.82, 2.24) is 4.57 Å². The van der Waals surface area contributed by atoms with Crippen LogP contribution in [0.2, 0.25) is 5.02 Å². The molecule has 1 heterocycles. The lowest BCUT2D eigenvalue weighted by atomic mass is 10.2. The first kappa shape index (κ1) is 19.9. The van der Waals surface area contributed by atoms with E-state index in [0.29, 0.717) is 12.0 Å². The lowest BCUT2D eigenvalue weighted by molar-refractivity contribution is 0.0997. The Kier molecular flexibility index (Phi) is 5.96. The molecule has 0 unspecified atom stereocenters. The number of nitrogens with zero attached hydrogens (tertiary/aromatic N) is 2.